The summed E-state index contributed by atoms with van der Waals surface area (Å²) in [7, 11) is 0. The highest BCUT2D eigenvalue weighted by atomic mass is 32.1. The van der Waals surface area contributed by atoms with Gasteiger partial charge in [0.05, 0.1) is 15.9 Å². The number of nitrogens with one attached hydrogen (secondary N) is 1. The Labute approximate surface area is 129 Å². The second-order valence-corrected chi connectivity index (χ2v) is 7.30. The molecule has 0 fully saturated rings. The molecule has 4 rings (SSSR count). The molecular weight excluding hydrogens is 276 g/mol. The number of rotatable bonds is 1. The molecule has 0 aliphatic heterocycles. The lowest BCUT2D eigenvalue weighted by molar-refractivity contribution is 0.713. The predicted molar refractivity (Wildman–Crippen MR) is 90.1 cm³/mol. The van der Waals surface area contributed by atoms with Gasteiger partial charge in [-0.15, -0.1) is 11.3 Å². The van der Waals surface area contributed by atoms with Crippen LogP contribution in [0.25, 0.3) is 21.7 Å². The van der Waals surface area contributed by atoms with Crippen molar-refractivity contribution in [3.8, 4) is 10.7 Å². The summed E-state index contributed by atoms with van der Waals surface area (Å²) in [6, 6.07) is 6.76. The van der Waals surface area contributed by atoms with Gasteiger partial charge in [-0.2, -0.15) is 0 Å². The van der Waals surface area contributed by atoms with E-state index in [1.165, 1.54) is 48.1 Å². The number of hydrogen-bond acceptors (Lipinski definition) is 2. The van der Waals surface area contributed by atoms with Gasteiger partial charge in [0.1, 0.15) is 5.82 Å². The molecule has 2 nitrogen and oxygen atoms in total. The highest BCUT2D eigenvalue weighted by Gasteiger charge is 2.15. The van der Waals surface area contributed by atoms with Crippen LogP contribution in [0.1, 0.15) is 40.8 Å². The van der Waals surface area contributed by atoms with Crippen molar-refractivity contribution >= 4 is 22.4 Å². The number of H-pyrrole nitrogens is 1. The molecule has 108 valence electrons. The van der Waals surface area contributed by atoms with Gasteiger partial charge in [-0.3, -0.25) is 0 Å². The number of aryl methyl sites for hydroxylation is 4. The number of nitrogens with zero attached hydrogens (tertiary/aromatic N) is 1. The fourth-order valence-electron chi connectivity index (χ4n) is 3.17. The standard InChI is InChI=1S/C18H20N2S/c1-11-8-14-15(9-12(11)2)20-18(19-14)17-10-13-6-4-3-5-7-16(13)21-17/h8-10H,3-7H2,1-2H3,(H,19,20). The van der Waals surface area contributed by atoms with Crippen LogP contribution in [-0.2, 0) is 12.8 Å². The monoisotopic (exact) mass is 296 g/mol. The Morgan fingerprint density at radius 2 is 1.81 bits per heavy atom. The van der Waals surface area contributed by atoms with Crippen molar-refractivity contribution in [2.75, 3.05) is 0 Å². The predicted octanol–water partition coefficient (Wildman–Crippen LogP) is 5.18. The first kappa shape index (κ1) is 13.1. The van der Waals surface area contributed by atoms with Crippen LogP contribution in [0.5, 0.6) is 0 Å². The zero-order chi connectivity index (χ0) is 14.4. The van der Waals surface area contributed by atoms with Gasteiger partial charge in [0.2, 0.25) is 0 Å². The normalized spacial score (nSPS) is 15.1. The summed E-state index contributed by atoms with van der Waals surface area (Å²) in [5, 5.41) is 0. The van der Waals surface area contributed by atoms with Crippen LogP contribution in [0.15, 0.2) is 18.2 Å². The van der Waals surface area contributed by atoms with E-state index in [2.05, 4.69) is 37.0 Å². The molecule has 1 aromatic carbocycles. The lowest BCUT2D eigenvalue weighted by atomic mass is 10.1. The summed E-state index contributed by atoms with van der Waals surface area (Å²) in [6.45, 7) is 4.30. The Morgan fingerprint density at radius 3 is 2.71 bits per heavy atom. The van der Waals surface area contributed by atoms with Crippen LogP contribution in [0.4, 0.5) is 0 Å². The summed E-state index contributed by atoms with van der Waals surface area (Å²) in [5.41, 5.74) is 6.41. The molecule has 0 radical (unpaired) electrons. The van der Waals surface area contributed by atoms with E-state index in [1.54, 1.807) is 10.4 Å². The zero-order valence-corrected chi connectivity index (χ0v) is 13.4. The summed E-state index contributed by atoms with van der Waals surface area (Å²) in [4.78, 5) is 11.2. The van der Waals surface area contributed by atoms with Crippen LogP contribution in [-0.4, -0.2) is 9.97 Å². The first-order valence-electron chi connectivity index (χ1n) is 7.79. The minimum absolute atomic E-state index is 1.04. The van der Waals surface area contributed by atoms with Crippen molar-refractivity contribution in [2.24, 2.45) is 0 Å². The number of benzene rings is 1. The summed E-state index contributed by atoms with van der Waals surface area (Å²) >= 11 is 1.93. The van der Waals surface area contributed by atoms with Crippen LogP contribution in [0, 0.1) is 13.8 Å². The Hall–Kier alpha value is -1.61. The summed E-state index contributed by atoms with van der Waals surface area (Å²) < 4.78 is 0. The van der Waals surface area contributed by atoms with E-state index in [0.717, 1.165) is 16.9 Å². The fraction of sp³-hybridized carbons (Fsp3) is 0.389. The Morgan fingerprint density at radius 1 is 1.00 bits per heavy atom. The van der Waals surface area contributed by atoms with E-state index in [4.69, 9.17) is 4.98 Å². The Kier molecular flexibility index (Phi) is 3.11. The van der Waals surface area contributed by atoms with E-state index < -0.39 is 0 Å². The molecule has 2 heterocycles. The third kappa shape index (κ3) is 2.30. The highest BCUT2D eigenvalue weighted by Crippen LogP contribution is 2.34. The Balaban J connectivity index is 1.79. The molecule has 1 aliphatic rings. The first-order valence-corrected chi connectivity index (χ1v) is 8.61. The molecule has 0 bridgehead atoms. The minimum Gasteiger partial charge on any atom is -0.337 e. The number of fused-ring (bicyclic) bond motifs is 2. The topological polar surface area (TPSA) is 28.7 Å². The lowest BCUT2D eigenvalue weighted by Gasteiger charge is -1.97. The molecule has 0 unspecified atom stereocenters. The van der Waals surface area contributed by atoms with Gasteiger partial charge in [-0.1, -0.05) is 6.42 Å². The van der Waals surface area contributed by atoms with Gasteiger partial charge in [-0.25, -0.2) is 4.98 Å². The molecule has 3 heteroatoms. The number of thiophene rings is 1. The largest absolute Gasteiger partial charge is 0.337 e. The van der Waals surface area contributed by atoms with Crippen molar-refractivity contribution in [1.82, 2.24) is 9.97 Å². The second kappa shape index (κ2) is 4.99. The van der Waals surface area contributed by atoms with Crippen molar-refractivity contribution in [3.63, 3.8) is 0 Å². The smallest absolute Gasteiger partial charge is 0.148 e. The number of imidazole rings is 1. The van der Waals surface area contributed by atoms with E-state index in [9.17, 15) is 0 Å². The zero-order valence-electron chi connectivity index (χ0n) is 12.6. The molecule has 2 aromatic heterocycles. The van der Waals surface area contributed by atoms with Gasteiger partial charge in [0.25, 0.3) is 0 Å². The number of aromatic amines is 1. The molecule has 1 aliphatic carbocycles. The maximum absolute atomic E-state index is 4.81. The number of hydrogen-bond donors (Lipinski definition) is 1. The maximum atomic E-state index is 4.81. The average molecular weight is 296 g/mol. The van der Waals surface area contributed by atoms with Crippen molar-refractivity contribution in [1.29, 1.82) is 0 Å². The lowest BCUT2D eigenvalue weighted by Crippen LogP contribution is -1.81. The van der Waals surface area contributed by atoms with Crippen LogP contribution in [0.2, 0.25) is 0 Å². The minimum atomic E-state index is 1.04. The van der Waals surface area contributed by atoms with E-state index in [1.807, 2.05) is 11.3 Å². The molecule has 0 saturated heterocycles. The van der Waals surface area contributed by atoms with Crippen LogP contribution in [0.3, 0.4) is 0 Å². The van der Waals surface area contributed by atoms with Gasteiger partial charge in [0, 0.05) is 4.88 Å². The highest BCUT2D eigenvalue weighted by molar-refractivity contribution is 7.15. The maximum Gasteiger partial charge on any atom is 0.148 e. The molecule has 3 aromatic rings. The molecule has 0 saturated carbocycles. The van der Waals surface area contributed by atoms with Crippen molar-refractivity contribution < 1.29 is 0 Å². The first-order chi connectivity index (χ1) is 10.2. The third-order valence-corrected chi connectivity index (χ3v) is 5.82. The van der Waals surface area contributed by atoms with Gasteiger partial charge in [0.15, 0.2) is 0 Å². The van der Waals surface area contributed by atoms with Gasteiger partial charge in [-0.05, 0) is 74.4 Å². The summed E-state index contributed by atoms with van der Waals surface area (Å²) in [6.07, 6.45) is 6.54. The molecule has 21 heavy (non-hydrogen) atoms. The molecule has 0 atom stereocenters. The van der Waals surface area contributed by atoms with E-state index >= 15 is 0 Å². The average Bonchev–Trinajstić information content (AvgIpc) is 2.98. The molecule has 1 N–H and O–H groups in total. The van der Waals surface area contributed by atoms with Gasteiger partial charge < -0.3 is 4.98 Å². The Bertz CT molecular complexity index is 748. The van der Waals surface area contributed by atoms with E-state index in [-0.39, 0.29) is 0 Å². The second-order valence-electron chi connectivity index (χ2n) is 6.16. The molecular formula is C18H20N2S. The summed E-state index contributed by atoms with van der Waals surface area (Å²) in [5.74, 6) is 1.04. The SMILES string of the molecule is Cc1cc2nc(-c3cc4c(s3)CCCCC4)[nH]c2cc1C. The van der Waals surface area contributed by atoms with Crippen molar-refractivity contribution in [2.45, 2.75) is 46.0 Å². The fourth-order valence-corrected chi connectivity index (χ4v) is 4.37. The van der Waals surface area contributed by atoms with E-state index in [0.29, 0.717) is 0 Å². The number of aromatic nitrogens is 2. The van der Waals surface area contributed by atoms with Crippen LogP contribution < -0.4 is 0 Å². The molecule has 0 spiro atoms. The van der Waals surface area contributed by atoms with Crippen LogP contribution >= 0.6 is 11.3 Å². The van der Waals surface area contributed by atoms with Gasteiger partial charge >= 0.3 is 0 Å². The third-order valence-electron chi connectivity index (χ3n) is 4.58. The quantitative estimate of drug-likeness (QED) is 0.616. The van der Waals surface area contributed by atoms with Crippen molar-refractivity contribution in [3.05, 3.63) is 39.8 Å². The molecule has 0 amide bonds.